The number of nitrogens with one attached hydrogen (secondary N) is 2. The van der Waals surface area contributed by atoms with Gasteiger partial charge >= 0.3 is 6.18 Å². The number of H-pyrrole nitrogens is 1. The molecule has 2 aromatic heterocycles. The Kier molecular flexibility index (Phi) is 4.50. The first kappa shape index (κ1) is 18.0. The first-order chi connectivity index (χ1) is 13.4. The topological polar surface area (TPSA) is 79.9 Å². The summed E-state index contributed by atoms with van der Waals surface area (Å²) in [5.41, 5.74) is 0.812. The molecule has 1 aliphatic heterocycles. The summed E-state index contributed by atoms with van der Waals surface area (Å²) in [6, 6.07) is 8.61. The van der Waals surface area contributed by atoms with E-state index in [0.717, 1.165) is 11.6 Å². The number of alkyl halides is 3. The van der Waals surface area contributed by atoms with Gasteiger partial charge in [-0.3, -0.25) is 14.9 Å². The van der Waals surface area contributed by atoms with Crippen molar-refractivity contribution in [3.8, 4) is 5.75 Å². The van der Waals surface area contributed by atoms with E-state index in [-0.39, 0.29) is 30.4 Å². The fourth-order valence-corrected chi connectivity index (χ4v) is 3.18. The number of halogens is 3. The zero-order chi connectivity index (χ0) is 19.7. The van der Waals surface area contributed by atoms with Crippen LogP contribution in [-0.2, 0) is 17.6 Å². The number of pyridine rings is 1. The minimum Gasteiger partial charge on any atom is -0.487 e. The molecule has 0 saturated carbocycles. The Morgan fingerprint density at radius 1 is 1.14 bits per heavy atom. The summed E-state index contributed by atoms with van der Waals surface area (Å²) in [5, 5.41) is 9.37. The number of amides is 1. The number of benzene rings is 1. The van der Waals surface area contributed by atoms with Crippen molar-refractivity contribution in [1.82, 2.24) is 15.2 Å². The highest BCUT2D eigenvalue weighted by molar-refractivity contribution is 5.94. The molecule has 0 saturated heterocycles. The largest absolute Gasteiger partial charge is 0.487 e. The number of hydrogen-bond donors (Lipinski definition) is 2. The van der Waals surface area contributed by atoms with E-state index in [9.17, 15) is 18.0 Å². The van der Waals surface area contributed by atoms with Crippen LogP contribution in [0.4, 0.5) is 19.0 Å². The van der Waals surface area contributed by atoms with E-state index in [1.54, 1.807) is 18.3 Å². The molecular weight excluding hydrogens is 373 g/mol. The van der Waals surface area contributed by atoms with Gasteiger partial charge in [0.15, 0.2) is 0 Å². The molecule has 1 aliphatic rings. The van der Waals surface area contributed by atoms with Gasteiger partial charge in [0.1, 0.15) is 18.2 Å². The molecule has 0 aliphatic carbocycles. The van der Waals surface area contributed by atoms with Crippen molar-refractivity contribution in [3.05, 3.63) is 71.2 Å². The van der Waals surface area contributed by atoms with E-state index in [0.29, 0.717) is 17.3 Å². The lowest BCUT2D eigenvalue weighted by Gasteiger charge is -2.21. The average molecular weight is 388 g/mol. The van der Waals surface area contributed by atoms with Gasteiger partial charge in [-0.05, 0) is 18.2 Å². The quantitative estimate of drug-likeness (QED) is 0.711. The Balaban J connectivity index is 1.49. The van der Waals surface area contributed by atoms with Crippen LogP contribution >= 0.6 is 0 Å². The molecule has 0 fully saturated rings. The van der Waals surface area contributed by atoms with Crippen LogP contribution in [0.15, 0.2) is 48.8 Å². The highest BCUT2D eigenvalue weighted by atomic mass is 19.4. The van der Waals surface area contributed by atoms with Gasteiger partial charge in [0.2, 0.25) is 5.91 Å². The van der Waals surface area contributed by atoms with E-state index < -0.39 is 11.7 Å². The molecule has 9 heteroatoms. The molecule has 0 spiro atoms. The number of aromatic nitrogens is 3. The molecule has 2 N–H and O–H groups in total. The Hall–Kier alpha value is -3.36. The van der Waals surface area contributed by atoms with Crippen molar-refractivity contribution in [2.75, 3.05) is 5.32 Å². The van der Waals surface area contributed by atoms with E-state index >= 15 is 0 Å². The number of carbonyl (C=O) groups excluding carboxylic acids is 1. The molecule has 4 rings (SSSR count). The predicted molar refractivity (Wildman–Crippen MR) is 93.7 cm³/mol. The number of rotatable bonds is 4. The summed E-state index contributed by atoms with van der Waals surface area (Å²) in [5.74, 6) is 0.496. The lowest BCUT2D eigenvalue weighted by molar-refractivity contribution is -0.138. The monoisotopic (exact) mass is 388 g/mol. The highest BCUT2D eigenvalue weighted by Gasteiger charge is 2.33. The standard InChI is InChI=1S/C19H15F3N4O2/c20-19(21,22)15-4-2-1-3-11(15)10-28-12-5-6-16(23-8-12)13-7-17(27)25-18-14(13)9-24-26-18/h1-6,8-9,13H,7,10H2,(H2,24,25,26,27). The Bertz CT molecular complexity index is 999. The van der Waals surface area contributed by atoms with Gasteiger partial charge < -0.3 is 10.1 Å². The van der Waals surface area contributed by atoms with Crippen LogP contribution in [-0.4, -0.2) is 21.1 Å². The number of carbonyl (C=O) groups is 1. The third-order valence-corrected chi connectivity index (χ3v) is 4.53. The molecule has 3 aromatic rings. The SMILES string of the molecule is O=C1CC(c2ccc(OCc3ccccc3C(F)(F)F)cn2)c2cn[nH]c2N1. The minimum atomic E-state index is -4.44. The summed E-state index contributed by atoms with van der Waals surface area (Å²) in [6.45, 7) is -0.228. The summed E-state index contributed by atoms with van der Waals surface area (Å²) in [4.78, 5) is 16.2. The first-order valence-electron chi connectivity index (χ1n) is 8.49. The van der Waals surface area contributed by atoms with Crippen LogP contribution in [0.2, 0.25) is 0 Å². The molecule has 1 amide bonds. The van der Waals surface area contributed by atoms with Crippen LogP contribution in [0.3, 0.4) is 0 Å². The lowest BCUT2D eigenvalue weighted by Crippen LogP contribution is -2.23. The normalized spacial score (nSPS) is 16.4. The Morgan fingerprint density at radius 3 is 2.71 bits per heavy atom. The van der Waals surface area contributed by atoms with Crippen LogP contribution in [0.5, 0.6) is 5.75 Å². The molecular formula is C19H15F3N4O2. The van der Waals surface area contributed by atoms with Gasteiger partial charge in [-0.2, -0.15) is 18.3 Å². The summed E-state index contributed by atoms with van der Waals surface area (Å²) >= 11 is 0. The van der Waals surface area contributed by atoms with Gasteiger partial charge in [0, 0.05) is 29.2 Å². The molecule has 0 radical (unpaired) electrons. The summed E-state index contributed by atoms with van der Waals surface area (Å²) in [7, 11) is 0. The number of ether oxygens (including phenoxy) is 1. The molecule has 6 nitrogen and oxygen atoms in total. The van der Waals surface area contributed by atoms with Crippen LogP contribution in [0, 0.1) is 0 Å². The van der Waals surface area contributed by atoms with Crippen molar-refractivity contribution in [3.63, 3.8) is 0 Å². The maximum atomic E-state index is 13.1. The molecule has 1 aromatic carbocycles. The smallest absolute Gasteiger partial charge is 0.416 e. The van der Waals surface area contributed by atoms with E-state index in [1.807, 2.05) is 0 Å². The van der Waals surface area contributed by atoms with Crippen molar-refractivity contribution < 1.29 is 22.7 Å². The van der Waals surface area contributed by atoms with Gasteiger partial charge in [-0.15, -0.1) is 0 Å². The number of anilines is 1. The third kappa shape index (κ3) is 3.55. The second kappa shape index (κ2) is 6.99. The van der Waals surface area contributed by atoms with Gasteiger partial charge in [-0.25, -0.2) is 0 Å². The van der Waals surface area contributed by atoms with Crippen molar-refractivity contribution in [2.45, 2.75) is 25.1 Å². The van der Waals surface area contributed by atoms with Gasteiger partial charge in [0.05, 0.1) is 18.0 Å². The molecule has 28 heavy (non-hydrogen) atoms. The maximum absolute atomic E-state index is 13.1. The van der Waals surface area contributed by atoms with Crippen molar-refractivity contribution in [1.29, 1.82) is 0 Å². The zero-order valence-corrected chi connectivity index (χ0v) is 14.5. The Labute approximate surface area is 157 Å². The average Bonchev–Trinajstić information content (AvgIpc) is 3.14. The fraction of sp³-hybridized carbons (Fsp3) is 0.211. The van der Waals surface area contributed by atoms with E-state index in [2.05, 4.69) is 20.5 Å². The van der Waals surface area contributed by atoms with Crippen LogP contribution < -0.4 is 10.1 Å². The van der Waals surface area contributed by atoms with Gasteiger partial charge in [0.25, 0.3) is 0 Å². The maximum Gasteiger partial charge on any atom is 0.416 e. The molecule has 1 unspecified atom stereocenters. The third-order valence-electron chi connectivity index (χ3n) is 4.53. The van der Waals surface area contributed by atoms with E-state index in [1.165, 1.54) is 24.4 Å². The number of fused-ring (bicyclic) bond motifs is 1. The molecule has 144 valence electrons. The first-order valence-corrected chi connectivity index (χ1v) is 8.49. The second-order valence-electron chi connectivity index (χ2n) is 6.37. The minimum absolute atomic E-state index is 0.0473. The second-order valence-corrected chi connectivity index (χ2v) is 6.37. The zero-order valence-electron chi connectivity index (χ0n) is 14.5. The highest BCUT2D eigenvalue weighted by Crippen LogP contribution is 2.35. The molecule has 0 bridgehead atoms. The predicted octanol–water partition coefficient (Wildman–Crippen LogP) is 3.88. The lowest BCUT2D eigenvalue weighted by atomic mass is 9.91. The molecule has 3 heterocycles. The Morgan fingerprint density at radius 2 is 1.96 bits per heavy atom. The summed E-state index contributed by atoms with van der Waals surface area (Å²) < 4.78 is 44.6. The molecule has 1 atom stereocenters. The summed E-state index contributed by atoms with van der Waals surface area (Å²) in [6.07, 6.45) is -1.12. The van der Waals surface area contributed by atoms with Crippen molar-refractivity contribution >= 4 is 11.7 Å². The fourth-order valence-electron chi connectivity index (χ4n) is 3.18. The van der Waals surface area contributed by atoms with Crippen molar-refractivity contribution in [2.24, 2.45) is 0 Å². The van der Waals surface area contributed by atoms with E-state index in [4.69, 9.17) is 4.74 Å². The number of hydrogen-bond acceptors (Lipinski definition) is 4. The number of nitrogens with zero attached hydrogens (tertiary/aromatic N) is 2. The van der Waals surface area contributed by atoms with Crippen LogP contribution in [0.1, 0.15) is 34.7 Å². The van der Waals surface area contributed by atoms with Gasteiger partial charge in [-0.1, -0.05) is 18.2 Å². The number of aromatic amines is 1. The van der Waals surface area contributed by atoms with Crippen LogP contribution in [0.25, 0.3) is 0 Å².